The molecule has 3 aromatic carbocycles. The van der Waals surface area contributed by atoms with Crippen LogP contribution in [0.3, 0.4) is 0 Å². The molecular weight excluding hydrogens is 380 g/mol. The first-order chi connectivity index (χ1) is 15.3. The number of nitrogens with zero attached hydrogens (tertiary/aromatic N) is 2. The minimum Gasteiger partial charge on any atom is -0.494 e. The smallest absolute Gasteiger partial charge is 0.119 e. The molecule has 0 bridgehead atoms. The van der Waals surface area contributed by atoms with Crippen LogP contribution >= 0.6 is 0 Å². The van der Waals surface area contributed by atoms with Crippen molar-refractivity contribution >= 4 is 11.9 Å². The van der Waals surface area contributed by atoms with Crippen LogP contribution in [0, 0.1) is 0 Å². The molecule has 0 aromatic heterocycles. The molecule has 0 atom stereocenters. The van der Waals surface area contributed by atoms with Crippen LogP contribution in [0.25, 0.3) is 0 Å². The van der Waals surface area contributed by atoms with Gasteiger partial charge in [-0.15, -0.1) is 0 Å². The molecule has 0 aliphatic carbocycles. The van der Waals surface area contributed by atoms with Crippen molar-refractivity contribution in [2.24, 2.45) is 5.10 Å². The van der Waals surface area contributed by atoms with Crippen LogP contribution in [-0.4, -0.2) is 12.8 Å². The van der Waals surface area contributed by atoms with Gasteiger partial charge in [0.1, 0.15) is 5.75 Å². The largest absolute Gasteiger partial charge is 0.494 e. The summed E-state index contributed by atoms with van der Waals surface area (Å²) in [6.07, 6.45) is 9.58. The Morgan fingerprint density at radius 2 is 1.39 bits per heavy atom. The SMILES string of the molecule is CCCCCCCCOc1ccc(/C=N/N(Cc2ccccc2)c2ccccc2)cc1. The first-order valence-electron chi connectivity index (χ1n) is 11.5. The topological polar surface area (TPSA) is 24.8 Å². The summed E-state index contributed by atoms with van der Waals surface area (Å²) in [5.74, 6) is 0.926. The second-order valence-electron chi connectivity index (χ2n) is 7.81. The second kappa shape index (κ2) is 13.3. The maximum atomic E-state index is 5.89. The summed E-state index contributed by atoms with van der Waals surface area (Å²) in [5.41, 5.74) is 3.35. The normalized spacial score (nSPS) is 11.0. The van der Waals surface area contributed by atoms with Crippen LogP contribution < -0.4 is 9.75 Å². The van der Waals surface area contributed by atoms with Gasteiger partial charge in [0.05, 0.1) is 25.1 Å². The highest BCUT2D eigenvalue weighted by Gasteiger charge is 2.05. The summed E-state index contributed by atoms with van der Waals surface area (Å²) in [4.78, 5) is 0. The van der Waals surface area contributed by atoms with E-state index in [2.05, 4.69) is 55.5 Å². The third-order valence-electron chi connectivity index (χ3n) is 5.22. The monoisotopic (exact) mass is 414 g/mol. The van der Waals surface area contributed by atoms with E-state index in [1.807, 2.05) is 47.6 Å². The Morgan fingerprint density at radius 3 is 2.10 bits per heavy atom. The predicted molar refractivity (Wildman–Crippen MR) is 132 cm³/mol. The first-order valence-corrected chi connectivity index (χ1v) is 11.5. The summed E-state index contributed by atoms with van der Waals surface area (Å²) in [6, 6.07) is 28.9. The quantitative estimate of drug-likeness (QED) is 0.165. The van der Waals surface area contributed by atoms with E-state index in [4.69, 9.17) is 9.84 Å². The predicted octanol–water partition coefficient (Wildman–Crippen LogP) is 7.47. The molecule has 0 saturated heterocycles. The Kier molecular flexibility index (Phi) is 9.68. The Bertz CT molecular complexity index is 876. The molecule has 0 unspecified atom stereocenters. The van der Waals surface area contributed by atoms with Crippen molar-refractivity contribution in [1.29, 1.82) is 0 Å². The number of unbranched alkanes of at least 4 members (excludes halogenated alkanes) is 5. The molecule has 0 saturated carbocycles. The fourth-order valence-electron chi connectivity index (χ4n) is 3.41. The van der Waals surface area contributed by atoms with Gasteiger partial charge in [0.15, 0.2) is 0 Å². The fourth-order valence-corrected chi connectivity index (χ4v) is 3.41. The molecule has 0 spiro atoms. The zero-order chi connectivity index (χ0) is 21.6. The molecular formula is C28H34N2O. The van der Waals surface area contributed by atoms with Gasteiger partial charge in [0, 0.05) is 0 Å². The van der Waals surface area contributed by atoms with Gasteiger partial charge in [-0.1, -0.05) is 87.6 Å². The van der Waals surface area contributed by atoms with E-state index in [9.17, 15) is 0 Å². The van der Waals surface area contributed by atoms with Crippen molar-refractivity contribution in [3.8, 4) is 5.75 Å². The summed E-state index contributed by atoms with van der Waals surface area (Å²) in [7, 11) is 0. The molecule has 3 aromatic rings. The number of ether oxygens (including phenoxy) is 1. The van der Waals surface area contributed by atoms with Crippen molar-refractivity contribution in [3.63, 3.8) is 0 Å². The fraction of sp³-hybridized carbons (Fsp3) is 0.321. The van der Waals surface area contributed by atoms with E-state index < -0.39 is 0 Å². The summed E-state index contributed by atoms with van der Waals surface area (Å²) >= 11 is 0. The zero-order valence-electron chi connectivity index (χ0n) is 18.6. The molecule has 0 fully saturated rings. The molecule has 3 heteroatoms. The summed E-state index contributed by atoms with van der Waals surface area (Å²) in [6.45, 7) is 3.76. The first kappa shape index (κ1) is 22.6. The van der Waals surface area contributed by atoms with Crippen molar-refractivity contribution in [3.05, 3.63) is 96.1 Å². The summed E-state index contributed by atoms with van der Waals surface area (Å²) < 4.78 is 5.89. The van der Waals surface area contributed by atoms with Crippen LogP contribution in [0.2, 0.25) is 0 Å². The minimum absolute atomic E-state index is 0.723. The number of hydrogen-bond acceptors (Lipinski definition) is 3. The van der Waals surface area contributed by atoms with Gasteiger partial charge in [-0.05, 0) is 53.9 Å². The molecule has 3 rings (SSSR count). The van der Waals surface area contributed by atoms with E-state index in [1.54, 1.807) is 0 Å². The number of benzene rings is 3. The van der Waals surface area contributed by atoms with Crippen LogP contribution in [0.15, 0.2) is 90.0 Å². The van der Waals surface area contributed by atoms with Gasteiger partial charge in [0.25, 0.3) is 0 Å². The third kappa shape index (κ3) is 8.29. The number of hydrazone groups is 1. The number of para-hydroxylation sites is 1. The van der Waals surface area contributed by atoms with Crippen molar-refractivity contribution in [2.75, 3.05) is 11.6 Å². The number of rotatable bonds is 13. The lowest BCUT2D eigenvalue weighted by molar-refractivity contribution is 0.304. The number of hydrogen-bond donors (Lipinski definition) is 0. The molecule has 31 heavy (non-hydrogen) atoms. The van der Waals surface area contributed by atoms with Crippen LogP contribution in [0.4, 0.5) is 5.69 Å². The maximum Gasteiger partial charge on any atom is 0.119 e. The lowest BCUT2D eigenvalue weighted by Crippen LogP contribution is -2.15. The van der Waals surface area contributed by atoms with Crippen molar-refractivity contribution < 1.29 is 4.74 Å². The molecule has 3 nitrogen and oxygen atoms in total. The maximum absolute atomic E-state index is 5.89. The van der Waals surface area contributed by atoms with Gasteiger partial charge in [-0.3, -0.25) is 5.01 Å². The lowest BCUT2D eigenvalue weighted by Gasteiger charge is -2.19. The third-order valence-corrected chi connectivity index (χ3v) is 5.22. The van der Waals surface area contributed by atoms with E-state index in [0.29, 0.717) is 0 Å². The molecule has 0 aliphatic rings. The molecule has 0 radical (unpaired) electrons. The van der Waals surface area contributed by atoms with E-state index in [1.165, 1.54) is 37.7 Å². The standard InChI is InChI=1S/C28H34N2O/c1-2-3-4-5-6-13-22-31-28-20-18-25(19-21-28)23-29-30(27-16-11-8-12-17-27)24-26-14-9-7-10-15-26/h7-12,14-21,23H,2-6,13,22,24H2,1H3/b29-23+. The van der Waals surface area contributed by atoms with Gasteiger partial charge in [-0.2, -0.15) is 5.10 Å². The van der Waals surface area contributed by atoms with Gasteiger partial charge in [-0.25, -0.2) is 0 Å². The number of anilines is 1. The Labute approximate surface area is 187 Å². The average molecular weight is 415 g/mol. The van der Waals surface area contributed by atoms with Gasteiger partial charge < -0.3 is 4.74 Å². The second-order valence-corrected chi connectivity index (χ2v) is 7.81. The van der Waals surface area contributed by atoms with Crippen molar-refractivity contribution in [2.45, 2.75) is 52.0 Å². The van der Waals surface area contributed by atoms with Gasteiger partial charge >= 0.3 is 0 Å². The zero-order valence-corrected chi connectivity index (χ0v) is 18.6. The highest BCUT2D eigenvalue weighted by Crippen LogP contribution is 2.18. The molecule has 0 aliphatic heterocycles. The average Bonchev–Trinajstić information content (AvgIpc) is 2.83. The molecule has 162 valence electrons. The van der Waals surface area contributed by atoms with E-state index in [-0.39, 0.29) is 0 Å². The van der Waals surface area contributed by atoms with Crippen LogP contribution in [-0.2, 0) is 6.54 Å². The van der Waals surface area contributed by atoms with E-state index in [0.717, 1.165) is 36.6 Å². The highest BCUT2D eigenvalue weighted by molar-refractivity contribution is 5.80. The summed E-state index contributed by atoms with van der Waals surface area (Å²) in [5, 5.41) is 6.79. The molecule has 0 heterocycles. The Hall–Kier alpha value is -3.07. The molecule has 0 N–H and O–H groups in total. The Balaban J connectivity index is 1.54. The van der Waals surface area contributed by atoms with Crippen LogP contribution in [0.5, 0.6) is 5.75 Å². The highest BCUT2D eigenvalue weighted by atomic mass is 16.5. The minimum atomic E-state index is 0.723. The lowest BCUT2D eigenvalue weighted by atomic mass is 10.1. The van der Waals surface area contributed by atoms with Gasteiger partial charge in [0.2, 0.25) is 0 Å². The van der Waals surface area contributed by atoms with E-state index >= 15 is 0 Å². The van der Waals surface area contributed by atoms with Crippen molar-refractivity contribution in [1.82, 2.24) is 0 Å². The van der Waals surface area contributed by atoms with Crippen LogP contribution in [0.1, 0.15) is 56.6 Å². The molecule has 0 amide bonds. The Morgan fingerprint density at radius 1 is 0.742 bits per heavy atom.